The Morgan fingerprint density at radius 1 is 1.60 bits per heavy atom. The molecule has 0 atom stereocenters. The first-order valence-electron chi connectivity index (χ1n) is 4.36. The lowest BCUT2D eigenvalue weighted by atomic mass is 10.1. The molecular weight excluding hydrogens is 238 g/mol. The molecule has 1 rings (SSSR count). The zero-order chi connectivity index (χ0) is 11.7. The number of hydrogen-bond donors (Lipinski definition) is 1. The predicted octanol–water partition coefficient (Wildman–Crippen LogP) is 0.716. The molecule has 7 heteroatoms. The van der Waals surface area contributed by atoms with Crippen molar-refractivity contribution in [1.82, 2.24) is 14.5 Å². The van der Waals surface area contributed by atoms with Gasteiger partial charge in [-0.15, -0.1) is 11.6 Å². The number of sulfonamides is 1. The van der Waals surface area contributed by atoms with Crippen LogP contribution in [0.2, 0.25) is 0 Å². The van der Waals surface area contributed by atoms with Crippen LogP contribution in [0.1, 0.15) is 13.8 Å². The zero-order valence-corrected chi connectivity index (χ0v) is 10.4. The zero-order valence-electron chi connectivity index (χ0n) is 8.86. The minimum absolute atomic E-state index is 0.126. The van der Waals surface area contributed by atoms with Crippen molar-refractivity contribution in [1.29, 1.82) is 0 Å². The van der Waals surface area contributed by atoms with Gasteiger partial charge in [0.15, 0.2) is 5.03 Å². The standard InChI is InChI=1S/C8H14ClN3O2S/c1-8(2,6-9)11-15(13,14)7-4-5-10-12(7)3/h4-5,11H,6H2,1-3H3. The Morgan fingerprint density at radius 3 is 2.60 bits per heavy atom. The molecular formula is C8H14ClN3O2S. The fourth-order valence-electron chi connectivity index (χ4n) is 1.07. The van der Waals surface area contributed by atoms with Crippen LogP contribution >= 0.6 is 11.6 Å². The van der Waals surface area contributed by atoms with E-state index in [2.05, 4.69) is 9.82 Å². The second-order valence-electron chi connectivity index (χ2n) is 3.92. The van der Waals surface area contributed by atoms with E-state index in [0.29, 0.717) is 0 Å². The summed E-state index contributed by atoms with van der Waals surface area (Å²) in [6, 6.07) is 1.44. The van der Waals surface area contributed by atoms with Gasteiger partial charge in [0.1, 0.15) is 0 Å². The Morgan fingerprint density at radius 2 is 2.20 bits per heavy atom. The number of rotatable bonds is 4. The van der Waals surface area contributed by atoms with Crippen LogP contribution in [0, 0.1) is 0 Å². The van der Waals surface area contributed by atoms with E-state index in [1.165, 1.54) is 16.9 Å². The second kappa shape index (κ2) is 4.11. The molecule has 1 aromatic heterocycles. The highest BCUT2D eigenvalue weighted by atomic mass is 35.5. The van der Waals surface area contributed by atoms with E-state index in [0.717, 1.165) is 0 Å². The topological polar surface area (TPSA) is 64.0 Å². The highest BCUT2D eigenvalue weighted by Crippen LogP contribution is 2.12. The lowest BCUT2D eigenvalue weighted by Gasteiger charge is -2.22. The van der Waals surface area contributed by atoms with Crippen LogP contribution in [0.25, 0.3) is 0 Å². The molecule has 0 aliphatic rings. The lowest BCUT2D eigenvalue weighted by Crippen LogP contribution is -2.45. The van der Waals surface area contributed by atoms with Crippen molar-refractivity contribution in [3.8, 4) is 0 Å². The van der Waals surface area contributed by atoms with Crippen LogP contribution in [0.15, 0.2) is 17.3 Å². The summed E-state index contributed by atoms with van der Waals surface area (Å²) in [7, 11) is -1.98. The third-order valence-electron chi connectivity index (χ3n) is 1.80. The number of halogens is 1. The summed E-state index contributed by atoms with van der Waals surface area (Å²) in [6.07, 6.45) is 1.43. The van der Waals surface area contributed by atoms with Crippen molar-refractivity contribution in [2.45, 2.75) is 24.4 Å². The van der Waals surface area contributed by atoms with Gasteiger partial charge in [-0.05, 0) is 19.9 Å². The summed E-state index contributed by atoms with van der Waals surface area (Å²) in [4.78, 5) is 0. The summed E-state index contributed by atoms with van der Waals surface area (Å²) >= 11 is 5.65. The maximum atomic E-state index is 11.9. The molecule has 86 valence electrons. The van der Waals surface area contributed by atoms with Crippen molar-refractivity contribution >= 4 is 21.6 Å². The molecule has 1 N–H and O–H groups in total. The Hall–Kier alpha value is -0.590. The maximum Gasteiger partial charge on any atom is 0.258 e. The number of aryl methyl sites for hydroxylation is 1. The largest absolute Gasteiger partial charge is 0.258 e. The number of nitrogens with one attached hydrogen (secondary N) is 1. The summed E-state index contributed by atoms with van der Waals surface area (Å²) in [5, 5.41) is 3.93. The monoisotopic (exact) mass is 251 g/mol. The van der Waals surface area contributed by atoms with Gasteiger partial charge in [0, 0.05) is 18.5 Å². The lowest BCUT2D eigenvalue weighted by molar-refractivity contribution is 0.489. The van der Waals surface area contributed by atoms with Gasteiger partial charge in [-0.3, -0.25) is 4.68 Å². The van der Waals surface area contributed by atoms with E-state index in [4.69, 9.17) is 11.6 Å². The first-order valence-corrected chi connectivity index (χ1v) is 6.38. The summed E-state index contributed by atoms with van der Waals surface area (Å²) in [5.74, 6) is 0.198. The minimum Gasteiger partial charge on any atom is -0.256 e. The van der Waals surface area contributed by atoms with Gasteiger partial charge in [-0.1, -0.05) is 0 Å². The third kappa shape index (κ3) is 2.93. The Labute approximate surface area is 94.5 Å². The Bertz CT molecular complexity index is 438. The van der Waals surface area contributed by atoms with Crippen molar-refractivity contribution in [3.05, 3.63) is 12.3 Å². The Balaban J connectivity index is 3.01. The van der Waals surface area contributed by atoms with Gasteiger partial charge in [0.2, 0.25) is 0 Å². The van der Waals surface area contributed by atoms with Crippen molar-refractivity contribution < 1.29 is 8.42 Å². The fraction of sp³-hybridized carbons (Fsp3) is 0.625. The van der Waals surface area contributed by atoms with E-state index in [1.807, 2.05) is 0 Å². The van der Waals surface area contributed by atoms with Crippen LogP contribution in [-0.4, -0.2) is 29.6 Å². The molecule has 0 amide bonds. The Kier molecular flexibility index (Phi) is 3.42. The molecule has 0 saturated carbocycles. The van der Waals surface area contributed by atoms with E-state index >= 15 is 0 Å². The van der Waals surface area contributed by atoms with Gasteiger partial charge in [-0.25, -0.2) is 13.1 Å². The average Bonchev–Trinajstić information content (AvgIpc) is 2.50. The highest BCUT2D eigenvalue weighted by molar-refractivity contribution is 7.89. The molecule has 0 fully saturated rings. The molecule has 0 saturated heterocycles. The molecule has 1 aromatic rings. The van der Waals surface area contributed by atoms with E-state index in [9.17, 15) is 8.42 Å². The average molecular weight is 252 g/mol. The number of hydrogen-bond acceptors (Lipinski definition) is 3. The van der Waals surface area contributed by atoms with Crippen LogP contribution in [0.4, 0.5) is 0 Å². The predicted molar refractivity (Wildman–Crippen MR) is 58.3 cm³/mol. The summed E-state index contributed by atoms with van der Waals surface area (Å²) in [5.41, 5.74) is -0.676. The molecule has 5 nitrogen and oxygen atoms in total. The maximum absolute atomic E-state index is 11.9. The molecule has 0 radical (unpaired) electrons. The summed E-state index contributed by atoms with van der Waals surface area (Å²) < 4.78 is 27.5. The smallest absolute Gasteiger partial charge is 0.256 e. The van der Waals surface area contributed by atoms with Crippen LogP contribution in [0.5, 0.6) is 0 Å². The number of nitrogens with zero attached hydrogens (tertiary/aromatic N) is 2. The van der Waals surface area contributed by atoms with Crippen molar-refractivity contribution in [3.63, 3.8) is 0 Å². The van der Waals surface area contributed by atoms with E-state index in [-0.39, 0.29) is 10.9 Å². The first kappa shape index (κ1) is 12.5. The minimum atomic E-state index is -3.55. The summed E-state index contributed by atoms with van der Waals surface area (Å²) in [6.45, 7) is 3.43. The van der Waals surface area contributed by atoms with Crippen molar-refractivity contribution in [2.75, 3.05) is 5.88 Å². The normalized spacial score (nSPS) is 13.1. The molecule has 0 aromatic carbocycles. The molecule has 0 aliphatic carbocycles. The molecule has 0 spiro atoms. The van der Waals surface area contributed by atoms with Crippen LogP contribution in [-0.2, 0) is 17.1 Å². The SMILES string of the molecule is Cn1nccc1S(=O)(=O)NC(C)(C)CCl. The van der Waals surface area contributed by atoms with Crippen molar-refractivity contribution in [2.24, 2.45) is 7.05 Å². The highest BCUT2D eigenvalue weighted by Gasteiger charge is 2.27. The quantitative estimate of drug-likeness (QED) is 0.802. The number of alkyl halides is 1. The third-order valence-corrected chi connectivity index (χ3v) is 4.24. The number of aromatic nitrogens is 2. The molecule has 0 bridgehead atoms. The van der Waals surface area contributed by atoms with E-state index < -0.39 is 15.6 Å². The molecule has 0 unspecified atom stereocenters. The molecule has 1 heterocycles. The molecule has 0 aliphatic heterocycles. The molecule has 15 heavy (non-hydrogen) atoms. The van der Waals surface area contributed by atoms with Gasteiger partial charge >= 0.3 is 0 Å². The van der Waals surface area contributed by atoms with Crippen LogP contribution in [0.3, 0.4) is 0 Å². The first-order chi connectivity index (χ1) is 6.78. The van der Waals surface area contributed by atoms with Gasteiger partial charge in [0.05, 0.1) is 6.20 Å². The second-order valence-corrected chi connectivity index (χ2v) is 5.81. The fourth-order valence-corrected chi connectivity index (χ4v) is 2.75. The van der Waals surface area contributed by atoms with Gasteiger partial charge in [-0.2, -0.15) is 5.10 Å². The van der Waals surface area contributed by atoms with E-state index in [1.54, 1.807) is 20.9 Å². The van der Waals surface area contributed by atoms with Gasteiger partial charge in [0.25, 0.3) is 10.0 Å². The van der Waals surface area contributed by atoms with Gasteiger partial charge < -0.3 is 0 Å². The van der Waals surface area contributed by atoms with Crippen LogP contribution < -0.4 is 4.72 Å².